The minimum absolute atomic E-state index is 0.0951. The maximum Gasteiger partial charge on any atom is 0.347 e. The first kappa shape index (κ1) is 19.5. The third kappa shape index (κ3) is 5.31. The van der Waals surface area contributed by atoms with E-state index >= 15 is 0 Å². The monoisotopic (exact) mass is 470 g/mol. The number of halogens is 2. The van der Waals surface area contributed by atoms with Crippen molar-refractivity contribution in [3.8, 4) is 11.5 Å². The summed E-state index contributed by atoms with van der Waals surface area (Å²) in [7, 11) is 0. The van der Waals surface area contributed by atoms with Gasteiger partial charge in [0, 0.05) is 4.47 Å². The third-order valence-corrected chi connectivity index (χ3v) is 4.41. The molecule has 0 saturated heterocycles. The summed E-state index contributed by atoms with van der Waals surface area (Å²) in [6.07, 6.45) is 1.87. The van der Waals surface area contributed by atoms with Crippen LogP contribution in [0.25, 0.3) is 0 Å². The number of hydrogen-bond acceptors (Lipinski definition) is 4. The van der Waals surface area contributed by atoms with Gasteiger partial charge in [0.15, 0.2) is 0 Å². The van der Waals surface area contributed by atoms with Crippen molar-refractivity contribution in [2.24, 2.45) is 0 Å². The second kappa shape index (κ2) is 9.01. The largest absolute Gasteiger partial charge is 0.493 e. The Bertz CT molecular complexity index is 789. The molecule has 0 saturated carbocycles. The van der Waals surface area contributed by atoms with E-state index < -0.39 is 11.9 Å². The van der Waals surface area contributed by atoms with Crippen LogP contribution in [-0.4, -0.2) is 23.7 Å². The van der Waals surface area contributed by atoms with E-state index in [0.29, 0.717) is 22.4 Å². The molecule has 2 aromatic carbocycles. The van der Waals surface area contributed by atoms with Gasteiger partial charge in [0.25, 0.3) is 0 Å². The molecular formula is C18H16Br2O5. The van der Waals surface area contributed by atoms with E-state index in [-0.39, 0.29) is 11.3 Å². The molecule has 7 heteroatoms. The van der Waals surface area contributed by atoms with Crippen molar-refractivity contribution in [2.45, 2.75) is 19.8 Å². The molecule has 132 valence electrons. The molecule has 0 aliphatic rings. The molecule has 0 aliphatic carbocycles. The second-order valence-corrected chi connectivity index (χ2v) is 6.95. The molecule has 0 spiro atoms. The average molecular weight is 472 g/mol. The molecular weight excluding hydrogens is 456 g/mol. The summed E-state index contributed by atoms with van der Waals surface area (Å²) in [5.74, 6) is -0.969. The Morgan fingerprint density at radius 1 is 1.08 bits per heavy atom. The van der Waals surface area contributed by atoms with Crippen molar-refractivity contribution in [2.75, 3.05) is 6.61 Å². The fourth-order valence-electron chi connectivity index (χ4n) is 1.99. The van der Waals surface area contributed by atoms with Crippen molar-refractivity contribution in [1.29, 1.82) is 0 Å². The van der Waals surface area contributed by atoms with Gasteiger partial charge in [-0.2, -0.15) is 0 Å². The van der Waals surface area contributed by atoms with Crippen LogP contribution in [0.2, 0.25) is 0 Å². The molecule has 25 heavy (non-hydrogen) atoms. The molecule has 5 nitrogen and oxygen atoms in total. The second-order valence-electron chi connectivity index (χ2n) is 5.18. The fraction of sp³-hybridized carbons (Fsp3) is 0.222. The lowest BCUT2D eigenvalue weighted by atomic mass is 10.2. The van der Waals surface area contributed by atoms with Gasteiger partial charge in [-0.1, -0.05) is 29.3 Å². The highest BCUT2D eigenvalue weighted by atomic mass is 79.9. The molecule has 0 aliphatic heterocycles. The predicted molar refractivity (Wildman–Crippen MR) is 101 cm³/mol. The number of hydrogen-bond donors (Lipinski definition) is 1. The number of benzene rings is 2. The van der Waals surface area contributed by atoms with E-state index in [2.05, 4.69) is 38.8 Å². The lowest BCUT2D eigenvalue weighted by Crippen LogP contribution is -2.12. The van der Waals surface area contributed by atoms with Crippen molar-refractivity contribution in [3.63, 3.8) is 0 Å². The molecule has 1 N–H and O–H groups in total. The van der Waals surface area contributed by atoms with E-state index in [1.165, 1.54) is 18.2 Å². The quantitative estimate of drug-likeness (QED) is 0.336. The molecule has 2 aromatic rings. The lowest BCUT2D eigenvalue weighted by molar-refractivity contribution is 0.0696. The van der Waals surface area contributed by atoms with Crippen LogP contribution >= 0.6 is 31.9 Å². The third-order valence-electron chi connectivity index (χ3n) is 3.30. The van der Waals surface area contributed by atoms with Crippen molar-refractivity contribution < 1.29 is 24.2 Å². The first-order valence-electron chi connectivity index (χ1n) is 7.59. The zero-order chi connectivity index (χ0) is 18.4. The van der Waals surface area contributed by atoms with E-state index in [0.717, 1.165) is 17.3 Å². The predicted octanol–water partition coefficient (Wildman–Crippen LogP) is 5.31. The standard InChI is InChI=1S/C18H16Br2O5/c1-2-3-8-24-15-7-5-12(19)10-13(15)18(23)25-16-6-4-11(17(21)22)9-14(16)20/h4-7,9-10H,2-3,8H2,1H3,(H,21,22). The van der Waals surface area contributed by atoms with Gasteiger partial charge in [-0.25, -0.2) is 9.59 Å². The van der Waals surface area contributed by atoms with Gasteiger partial charge in [-0.15, -0.1) is 0 Å². The highest BCUT2D eigenvalue weighted by Crippen LogP contribution is 2.29. The maximum absolute atomic E-state index is 12.5. The maximum atomic E-state index is 12.5. The van der Waals surface area contributed by atoms with Crippen LogP contribution in [0, 0.1) is 0 Å². The number of ether oxygens (including phenoxy) is 2. The lowest BCUT2D eigenvalue weighted by Gasteiger charge is -2.12. The summed E-state index contributed by atoms with van der Waals surface area (Å²) in [5, 5.41) is 8.98. The highest BCUT2D eigenvalue weighted by Gasteiger charge is 2.18. The summed E-state index contributed by atoms with van der Waals surface area (Å²) < 4.78 is 12.2. The summed E-state index contributed by atoms with van der Waals surface area (Å²) in [4.78, 5) is 23.5. The van der Waals surface area contributed by atoms with Gasteiger partial charge in [-0.3, -0.25) is 0 Å². The first-order valence-corrected chi connectivity index (χ1v) is 9.18. The van der Waals surface area contributed by atoms with Crippen LogP contribution in [0.15, 0.2) is 45.3 Å². The van der Waals surface area contributed by atoms with E-state index in [9.17, 15) is 9.59 Å². The Morgan fingerprint density at radius 2 is 1.80 bits per heavy atom. The first-order chi connectivity index (χ1) is 11.9. The normalized spacial score (nSPS) is 10.4. The van der Waals surface area contributed by atoms with Gasteiger partial charge in [0.2, 0.25) is 0 Å². The Hall–Kier alpha value is -1.86. The number of carbonyl (C=O) groups excluding carboxylic acids is 1. The zero-order valence-corrected chi connectivity index (χ0v) is 16.6. The molecule has 0 atom stereocenters. The Balaban J connectivity index is 2.23. The molecule has 0 unspecified atom stereocenters. The number of carboxylic acids is 1. The molecule has 0 bridgehead atoms. The van der Waals surface area contributed by atoms with Gasteiger partial charge >= 0.3 is 11.9 Å². The minimum atomic E-state index is -1.06. The van der Waals surface area contributed by atoms with Crippen LogP contribution in [0.4, 0.5) is 0 Å². The van der Waals surface area contributed by atoms with E-state index in [1.54, 1.807) is 18.2 Å². The van der Waals surface area contributed by atoms with Gasteiger partial charge in [0.1, 0.15) is 17.1 Å². The van der Waals surface area contributed by atoms with Crippen molar-refractivity contribution >= 4 is 43.8 Å². The van der Waals surface area contributed by atoms with E-state index in [4.69, 9.17) is 14.6 Å². The minimum Gasteiger partial charge on any atom is -0.493 e. The summed E-state index contributed by atoms with van der Waals surface area (Å²) in [5.41, 5.74) is 0.386. The van der Waals surface area contributed by atoms with Crippen LogP contribution in [0.5, 0.6) is 11.5 Å². The van der Waals surface area contributed by atoms with Gasteiger partial charge in [0.05, 0.1) is 16.6 Å². The van der Waals surface area contributed by atoms with Crippen LogP contribution in [0.3, 0.4) is 0 Å². The van der Waals surface area contributed by atoms with Crippen LogP contribution in [-0.2, 0) is 0 Å². The molecule has 0 fully saturated rings. The van der Waals surface area contributed by atoms with Gasteiger partial charge < -0.3 is 14.6 Å². The van der Waals surface area contributed by atoms with Gasteiger partial charge in [-0.05, 0) is 58.7 Å². The summed E-state index contributed by atoms with van der Waals surface area (Å²) in [6, 6.07) is 9.30. The molecule has 2 rings (SSSR count). The van der Waals surface area contributed by atoms with Crippen LogP contribution < -0.4 is 9.47 Å². The van der Waals surface area contributed by atoms with Crippen LogP contribution in [0.1, 0.15) is 40.5 Å². The average Bonchev–Trinajstić information content (AvgIpc) is 2.57. The number of carbonyl (C=O) groups is 2. The summed E-state index contributed by atoms with van der Waals surface area (Å²) >= 11 is 6.55. The SMILES string of the molecule is CCCCOc1ccc(Br)cc1C(=O)Oc1ccc(C(=O)O)cc1Br. The highest BCUT2D eigenvalue weighted by molar-refractivity contribution is 9.10. The number of esters is 1. The van der Waals surface area contributed by atoms with Crippen molar-refractivity contribution in [3.05, 3.63) is 56.5 Å². The Kier molecular flexibility index (Phi) is 7.01. The Labute approximate surface area is 162 Å². The smallest absolute Gasteiger partial charge is 0.347 e. The Morgan fingerprint density at radius 3 is 2.44 bits per heavy atom. The number of carboxylic acid groups (broad SMARTS) is 1. The number of rotatable bonds is 7. The van der Waals surface area contributed by atoms with E-state index in [1.807, 2.05) is 0 Å². The number of aromatic carboxylic acids is 1. The fourth-order valence-corrected chi connectivity index (χ4v) is 2.81. The molecule has 0 radical (unpaired) electrons. The topological polar surface area (TPSA) is 72.8 Å². The molecule has 0 aromatic heterocycles. The zero-order valence-electron chi connectivity index (χ0n) is 13.4. The van der Waals surface area contributed by atoms with Crippen molar-refractivity contribution in [1.82, 2.24) is 0 Å². The number of unbranched alkanes of at least 4 members (excludes halogenated alkanes) is 1. The summed E-state index contributed by atoms with van der Waals surface area (Å²) in [6.45, 7) is 2.56. The molecule has 0 heterocycles. The molecule has 0 amide bonds.